The number of hydrogen-bond acceptors (Lipinski definition) is 3. The van der Waals surface area contributed by atoms with Crippen LogP contribution in [-0.4, -0.2) is 36.9 Å². The molecule has 0 saturated carbocycles. The van der Waals surface area contributed by atoms with Crippen LogP contribution >= 0.6 is 0 Å². The van der Waals surface area contributed by atoms with Crippen molar-refractivity contribution in [3.05, 3.63) is 0 Å². The van der Waals surface area contributed by atoms with Crippen molar-refractivity contribution in [2.45, 2.75) is 32.3 Å². The third-order valence-electron chi connectivity index (χ3n) is 2.54. The summed E-state index contributed by atoms with van der Waals surface area (Å²) in [5.41, 5.74) is 0. The zero-order valence-corrected chi connectivity index (χ0v) is 8.66. The van der Waals surface area contributed by atoms with E-state index in [0.717, 1.165) is 32.4 Å². The van der Waals surface area contributed by atoms with E-state index in [9.17, 15) is 4.79 Å². The highest BCUT2D eigenvalue weighted by Crippen LogP contribution is 2.14. The van der Waals surface area contributed by atoms with Crippen LogP contribution in [0.4, 0.5) is 0 Å². The monoisotopic (exact) mass is 201 g/mol. The van der Waals surface area contributed by atoms with Crippen molar-refractivity contribution in [3.63, 3.8) is 0 Å². The van der Waals surface area contributed by atoms with Crippen molar-refractivity contribution < 1.29 is 14.6 Å². The zero-order valence-electron chi connectivity index (χ0n) is 8.66. The Bertz CT molecular complexity index is 178. The van der Waals surface area contributed by atoms with Crippen LogP contribution in [0.3, 0.4) is 0 Å². The van der Waals surface area contributed by atoms with Crippen molar-refractivity contribution >= 4 is 5.97 Å². The fourth-order valence-electron chi connectivity index (χ4n) is 1.54. The molecule has 0 aromatic heterocycles. The van der Waals surface area contributed by atoms with Gasteiger partial charge in [-0.05, 0) is 25.8 Å². The number of carboxylic acids is 1. The van der Waals surface area contributed by atoms with E-state index in [2.05, 4.69) is 5.32 Å². The second kappa shape index (κ2) is 5.98. The molecule has 0 bridgehead atoms. The molecule has 0 aromatic carbocycles. The number of carboxylic acid groups (broad SMARTS) is 1. The van der Waals surface area contributed by atoms with Gasteiger partial charge >= 0.3 is 5.97 Å². The van der Waals surface area contributed by atoms with E-state index in [4.69, 9.17) is 9.84 Å². The molecule has 1 rings (SSSR count). The van der Waals surface area contributed by atoms with Crippen LogP contribution < -0.4 is 5.32 Å². The summed E-state index contributed by atoms with van der Waals surface area (Å²) in [6, 6.07) is 0. The van der Waals surface area contributed by atoms with Gasteiger partial charge in [0.15, 0.2) is 0 Å². The Kier molecular flexibility index (Phi) is 4.90. The Morgan fingerprint density at radius 2 is 2.50 bits per heavy atom. The van der Waals surface area contributed by atoms with Gasteiger partial charge in [0.1, 0.15) is 0 Å². The predicted molar refractivity (Wildman–Crippen MR) is 53.3 cm³/mol. The van der Waals surface area contributed by atoms with Crippen molar-refractivity contribution in [2.24, 2.45) is 5.92 Å². The van der Waals surface area contributed by atoms with E-state index in [1.807, 2.05) is 0 Å². The molecule has 1 aliphatic heterocycles. The van der Waals surface area contributed by atoms with E-state index < -0.39 is 5.97 Å². The molecule has 1 saturated heterocycles. The molecular weight excluding hydrogens is 182 g/mol. The lowest BCUT2D eigenvalue weighted by atomic mass is 10.1. The minimum Gasteiger partial charge on any atom is -0.481 e. The van der Waals surface area contributed by atoms with Gasteiger partial charge in [0.05, 0.1) is 12.0 Å². The maximum atomic E-state index is 10.5. The van der Waals surface area contributed by atoms with E-state index in [1.165, 1.54) is 0 Å². The Balaban J connectivity index is 1.95. The molecule has 4 heteroatoms. The van der Waals surface area contributed by atoms with Gasteiger partial charge in [0, 0.05) is 13.2 Å². The lowest BCUT2D eigenvalue weighted by Gasteiger charge is -2.11. The Morgan fingerprint density at radius 1 is 1.71 bits per heavy atom. The predicted octanol–water partition coefficient (Wildman–Crippen LogP) is 0.866. The molecule has 1 aliphatic rings. The third kappa shape index (κ3) is 4.07. The highest BCUT2D eigenvalue weighted by molar-refractivity contribution is 5.69. The third-order valence-corrected chi connectivity index (χ3v) is 2.54. The van der Waals surface area contributed by atoms with Gasteiger partial charge in [0.2, 0.25) is 0 Å². The molecule has 0 aliphatic carbocycles. The lowest BCUT2D eigenvalue weighted by Crippen LogP contribution is -2.28. The number of rotatable bonds is 6. The van der Waals surface area contributed by atoms with Gasteiger partial charge < -0.3 is 15.2 Å². The van der Waals surface area contributed by atoms with Crippen molar-refractivity contribution in [1.82, 2.24) is 5.32 Å². The molecular formula is C10H19NO3. The summed E-state index contributed by atoms with van der Waals surface area (Å²) in [7, 11) is 0. The van der Waals surface area contributed by atoms with Gasteiger partial charge in [-0.15, -0.1) is 0 Å². The Labute approximate surface area is 84.6 Å². The number of ether oxygens (including phenoxy) is 1. The van der Waals surface area contributed by atoms with E-state index in [-0.39, 0.29) is 5.92 Å². The first-order valence-electron chi connectivity index (χ1n) is 5.25. The largest absolute Gasteiger partial charge is 0.481 e. The van der Waals surface area contributed by atoms with Gasteiger partial charge in [-0.3, -0.25) is 4.79 Å². The molecule has 82 valence electrons. The standard InChI is InChI=1S/C10H19NO3/c1-8(10(12)13)7-11-5-4-9-3-2-6-14-9/h8-9,11H,2-7H2,1H3,(H,12,13). The molecule has 0 aromatic rings. The van der Waals surface area contributed by atoms with E-state index in [1.54, 1.807) is 6.92 Å². The number of aliphatic carboxylic acids is 1. The summed E-state index contributed by atoms with van der Waals surface area (Å²) in [5.74, 6) is -1.05. The minimum atomic E-state index is -0.741. The number of carbonyl (C=O) groups is 1. The Hall–Kier alpha value is -0.610. The first-order chi connectivity index (χ1) is 6.70. The van der Waals surface area contributed by atoms with E-state index in [0.29, 0.717) is 12.6 Å². The van der Waals surface area contributed by atoms with Crippen LogP contribution in [0.25, 0.3) is 0 Å². The normalized spacial score (nSPS) is 23.6. The molecule has 0 amide bonds. The fourth-order valence-corrected chi connectivity index (χ4v) is 1.54. The average Bonchev–Trinajstić information content (AvgIpc) is 2.64. The Morgan fingerprint density at radius 3 is 3.07 bits per heavy atom. The summed E-state index contributed by atoms with van der Waals surface area (Å²) in [4.78, 5) is 10.5. The zero-order chi connectivity index (χ0) is 10.4. The quantitative estimate of drug-likeness (QED) is 0.626. The van der Waals surface area contributed by atoms with Crippen LogP contribution in [0.2, 0.25) is 0 Å². The summed E-state index contributed by atoms with van der Waals surface area (Å²) in [6.45, 7) is 3.99. The van der Waals surface area contributed by atoms with Crippen molar-refractivity contribution in [2.75, 3.05) is 19.7 Å². The number of hydrogen-bond donors (Lipinski definition) is 2. The second-order valence-electron chi connectivity index (χ2n) is 3.87. The fraction of sp³-hybridized carbons (Fsp3) is 0.900. The van der Waals surface area contributed by atoms with E-state index >= 15 is 0 Å². The van der Waals surface area contributed by atoms with Gasteiger partial charge in [-0.25, -0.2) is 0 Å². The lowest BCUT2D eigenvalue weighted by molar-refractivity contribution is -0.140. The summed E-state index contributed by atoms with van der Waals surface area (Å²) < 4.78 is 5.45. The molecule has 1 fully saturated rings. The first-order valence-corrected chi connectivity index (χ1v) is 5.25. The second-order valence-corrected chi connectivity index (χ2v) is 3.87. The smallest absolute Gasteiger partial charge is 0.307 e. The van der Waals surface area contributed by atoms with Crippen LogP contribution in [-0.2, 0) is 9.53 Å². The van der Waals surface area contributed by atoms with Crippen LogP contribution in [0.15, 0.2) is 0 Å². The molecule has 2 atom stereocenters. The molecule has 14 heavy (non-hydrogen) atoms. The highest BCUT2D eigenvalue weighted by atomic mass is 16.5. The first kappa shape index (κ1) is 11.5. The topological polar surface area (TPSA) is 58.6 Å². The molecule has 1 heterocycles. The van der Waals surface area contributed by atoms with Crippen LogP contribution in [0.5, 0.6) is 0 Å². The van der Waals surface area contributed by atoms with Gasteiger partial charge in [-0.2, -0.15) is 0 Å². The van der Waals surface area contributed by atoms with Crippen molar-refractivity contribution in [1.29, 1.82) is 0 Å². The summed E-state index contributed by atoms with van der Waals surface area (Å²) in [5, 5.41) is 11.8. The maximum Gasteiger partial charge on any atom is 0.307 e. The molecule has 4 nitrogen and oxygen atoms in total. The summed E-state index contributed by atoms with van der Waals surface area (Å²) >= 11 is 0. The van der Waals surface area contributed by atoms with Crippen LogP contribution in [0.1, 0.15) is 26.2 Å². The molecule has 2 N–H and O–H groups in total. The maximum absolute atomic E-state index is 10.5. The van der Waals surface area contributed by atoms with Gasteiger partial charge in [0.25, 0.3) is 0 Å². The van der Waals surface area contributed by atoms with Gasteiger partial charge in [-0.1, -0.05) is 6.92 Å². The number of nitrogens with one attached hydrogen (secondary N) is 1. The molecule has 2 unspecified atom stereocenters. The summed E-state index contributed by atoms with van der Waals surface area (Å²) in [6.07, 6.45) is 3.70. The van der Waals surface area contributed by atoms with Crippen molar-refractivity contribution in [3.8, 4) is 0 Å². The minimum absolute atomic E-state index is 0.306. The SMILES string of the molecule is CC(CNCCC1CCCO1)C(=O)O. The van der Waals surface area contributed by atoms with Crippen LogP contribution in [0, 0.1) is 5.92 Å². The highest BCUT2D eigenvalue weighted by Gasteiger charge is 2.15. The average molecular weight is 201 g/mol. The molecule has 0 radical (unpaired) electrons. The molecule has 0 spiro atoms.